The molecule has 33 heavy (non-hydrogen) atoms. The third-order valence-corrected chi connectivity index (χ3v) is 6.11. The van der Waals surface area contributed by atoms with E-state index in [2.05, 4.69) is 17.0 Å². The molecular weight excluding hydrogens is 437 g/mol. The highest BCUT2D eigenvalue weighted by Gasteiger charge is 2.30. The van der Waals surface area contributed by atoms with Gasteiger partial charge < -0.3 is 19.1 Å². The molecule has 0 N–H and O–H groups in total. The van der Waals surface area contributed by atoms with Crippen molar-refractivity contribution in [3.05, 3.63) is 89.2 Å². The van der Waals surface area contributed by atoms with Crippen molar-refractivity contribution in [2.24, 2.45) is 0 Å². The maximum atomic E-state index is 13.9. The lowest BCUT2D eigenvalue weighted by Gasteiger charge is -2.39. The van der Waals surface area contributed by atoms with Crippen LogP contribution in [0, 0.1) is 5.82 Å². The van der Waals surface area contributed by atoms with Crippen LogP contribution in [0.2, 0.25) is 0 Å². The van der Waals surface area contributed by atoms with Gasteiger partial charge in [-0.05, 0) is 79.9 Å². The quantitative estimate of drug-likeness (QED) is 0.401. The van der Waals surface area contributed by atoms with Gasteiger partial charge in [0.1, 0.15) is 34.7 Å². The second-order valence-electron chi connectivity index (χ2n) is 8.29. The molecule has 1 atom stereocenters. The summed E-state index contributed by atoms with van der Waals surface area (Å²) in [4.78, 5) is 2.75. The van der Waals surface area contributed by atoms with E-state index in [1.54, 1.807) is 13.2 Å². The van der Waals surface area contributed by atoms with Crippen molar-refractivity contribution in [1.82, 2.24) is 4.90 Å². The second-order valence-corrected chi connectivity index (χ2v) is 8.68. The fourth-order valence-corrected chi connectivity index (χ4v) is 4.44. The van der Waals surface area contributed by atoms with Gasteiger partial charge in [-0.15, -0.1) is 0 Å². The van der Waals surface area contributed by atoms with E-state index in [9.17, 15) is 4.39 Å². The van der Waals surface area contributed by atoms with Gasteiger partial charge in [-0.2, -0.15) is 0 Å². The zero-order chi connectivity index (χ0) is 23.4. The van der Waals surface area contributed by atoms with Crippen LogP contribution >= 0.6 is 12.2 Å². The zero-order valence-corrected chi connectivity index (χ0v) is 19.9. The molecule has 0 bridgehead atoms. The monoisotopic (exact) mass is 465 g/mol. The summed E-state index contributed by atoms with van der Waals surface area (Å²) in [6, 6.07) is 20.0. The molecule has 4 nitrogen and oxygen atoms in total. The molecule has 0 fully saturated rings. The maximum Gasteiger partial charge on any atom is 0.123 e. The molecule has 0 saturated heterocycles. The predicted octanol–water partition coefficient (Wildman–Crippen LogP) is 5.98. The number of thiocarbonyl (C=S) groups is 1. The Morgan fingerprint density at radius 2 is 1.76 bits per heavy atom. The van der Waals surface area contributed by atoms with Crippen molar-refractivity contribution in [2.45, 2.75) is 32.4 Å². The third kappa shape index (κ3) is 5.45. The van der Waals surface area contributed by atoms with E-state index in [1.807, 2.05) is 50.2 Å². The first kappa shape index (κ1) is 23.1. The number of hydrogen-bond donors (Lipinski definition) is 0. The molecule has 0 saturated carbocycles. The SMILES string of the molecule is COc1ccc(OCC2c3ccc(OC(C)C)cc3CCN2C(=S)c2cccc(F)c2)cc1. The van der Waals surface area contributed by atoms with Crippen molar-refractivity contribution < 1.29 is 18.6 Å². The Labute approximate surface area is 199 Å². The molecule has 1 heterocycles. The van der Waals surface area contributed by atoms with E-state index in [0.717, 1.165) is 29.2 Å². The van der Waals surface area contributed by atoms with Gasteiger partial charge in [0.2, 0.25) is 0 Å². The van der Waals surface area contributed by atoms with Gasteiger partial charge in [0.15, 0.2) is 0 Å². The van der Waals surface area contributed by atoms with Crippen LogP contribution in [0.3, 0.4) is 0 Å². The van der Waals surface area contributed by atoms with Gasteiger partial charge >= 0.3 is 0 Å². The van der Waals surface area contributed by atoms with Gasteiger partial charge in [-0.3, -0.25) is 0 Å². The Morgan fingerprint density at radius 1 is 1.03 bits per heavy atom. The van der Waals surface area contributed by atoms with E-state index in [0.29, 0.717) is 23.7 Å². The summed E-state index contributed by atoms with van der Waals surface area (Å²) in [6.45, 7) is 5.15. The lowest BCUT2D eigenvalue weighted by molar-refractivity contribution is 0.190. The molecule has 4 rings (SSSR count). The Kier molecular flexibility index (Phi) is 7.14. The first-order valence-electron chi connectivity index (χ1n) is 11.1. The van der Waals surface area contributed by atoms with E-state index < -0.39 is 0 Å². The summed E-state index contributed by atoms with van der Waals surface area (Å²) in [5.41, 5.74) is 3.06. The molecule has 0 aliphatic carbocycles. The van der Waals surface area contributed by atoms with Gasteiger partial charge in [0, 0.05) is 12.1 Å². The Bertz CT molecular complexity index is 1120. The number of nitrogens with zero attached hydrogens (tertiary/aromatic N) is 1. The van der Waals surface area contributed by atoms with Crippen LogP contribution in [0.4, 0.5) is 4.39 Å². The molecule has 0 aromatic heterocycles. The predicted molar refractivity (Wildman–Crippen MR) is 132 cm³/mol. The average Bonchev–Trinajstić information content (AvgIpc) is 2.81. The second kappa shape index (κ2) is 10.2. The van der Waals surface area contributed by atoms with E-state index >= 15 is 0 Å². The van der Waals surface area contributed by atoms with Crippen molar-refractivity contribution in [3.8, 4) is 17.2 Å². The van der Waals surface area contributed by atoms with Crippen molar-refractivity contribution in [1.29, 1.82) is 0 Å². The minimum atomic E-state index is -0.297. The van der Waals surface area contributed by atoms with Gasteiger partial charge in [0.25, 0.3) is 0 Å². The molecule has 172 valence electrons. The summed E-state index contributed by atoms with van der Waals surface area (Å²) in [7, 11) is 1.64. The highest BCUT2D eigenvalue weighted by Crippen LogP contribution is 2.34. The Hall–Kier alpha value is -3.12. The summed E-state index contributed by atoms with van der Waals surface area (Å²) < 4.78 is 31.2. The molecule has 1 aliphatic heterocycles. The molecule has 0 spiro atoms. The normalized spacial score (nSPS) is 15.2. The van der Waals surface area contributed by atoms with E-state index in [4.69, 9.17) is 26.4 Å². The van der Waals surface area contributed by atoms with Crippen LogP contribution in [0.15, 0.2) is 66.7 Å². The number of fused-ring (bicyclic) bond motifs is 1. The van der Waals surface area contributed by atoms with Crippen LogP contribution in [-0.4, -0.2) is 36.3 Å². The first-order chi connectivity index (χ1) is 15.9. The fraction of sp³-hybridized carbons (Fsp3) is 0.296. The van der Waals surface area contributed by atoms with Gasteiger partial charge in [0.05, 0.1) is 19.3 Å². The highest BCUT2D eigenvalue weighted by molar-refractivity contribution is 7.80. The summed E-state index contributed by atoms with van der Waals surface area (Å²) in [6.07, 6.45) is 0.928. The number of hydrogen-bond acceptors (Lipinski definition) is 4. The van der Waals surface area contributed by atoms with Crippen LogP contribution < -0.4 is 14.2 Å². The van der Waals surface area contributed by atoms with E-state index in [-0.39, 0.29) is 18.0 Å². The van der Waals surface area contributed by atoms with Crippen molar-refractivity contribution >= 4 is 17.2 Å². The summed E-state index contributed by atoms with van der Waals surface area (Å²) in [5.74, 6) is 2.09. The largest absolute Gasteiger partial charge is 0.497 e. The first-order valence-corrected chi connectivity index (χ1v) is 11.5. The molecular formula is C27H28FNO3S. The zero-order valence-electron chi connectivity index (χ0n) is 19.1. The molecule has 0 radical (unpaired) electrons. The lowest BCUT2D eigenvalue weighted by atomic mass is 9.92. The third-order valence-electron chi connectivity index (χ3n) is 5.64. The van der Waals surface area contributed by atoms with Crippen molar-refractivity contribution in [2.75, 3.05) is 20.3 Å². The van der Waals surface area contributed by atoms with Crippen LogP contribution in [0.25, 0.3) is 0 Å². The van der Waals surface area contributed by atoms with Crippen LogP contribution in [0.5, 0.6) is 17.2 Å². The standard InChI is InChI=1S/C27H28FNO3S/c1-18(2)32-24-11-12-25-19(16-24)13-14-29(27(33)20-5-4-6-21(28)15-20)26(25)17-31-23-9-7-22(30-3)8-10-23/h4-12,15-16,18,26H,13-14,17H2,1-3H3. The number of benzene rings is 3. The summed E-state index contributed by atoms with van der Waals surface area (Å²) >= 11 is 5.82. The maximum absolute atomic E-state index is 13.9. The highest BCUT2D eigenvalue weighted by atomic mass is 32.1. The smallest absolute Gasteiger partial charge is 0.123 e. The van der Waals surface area contributed by atoms with Crippen LogP contribution in [0.1, 0.15) is 36.6 Å². The molecule has 0 amide bonds. The number of methoxy groups -OCH3 is 1. The number of rotatable bonds is 7. The molecule has 6 heteroatoms. The molecule has 1 unspecified atom stereocenters. The van der Waals surface area contributed by atoms with Crippen molar-refractivity contribution in [3.63, 3.8) is 0 Å². The minimum Gasteiger partial charge on any atom is -0.497 e. The Balaban J connectivity index is 1.63. The molecule has 1 aliphatic rings. The molecule has 3 aromatic rings. The average molecular weight is 466 g/mol. The van der Waals surface area contributed by atoms with Gasteiger partial charge in [-0.1, -0.05) is 30.4 Å². The number of halogens is 1. The van der Waals surface area contributed by atoms with E-state index in [1.165, 1.54) is 17.7 Å². The fourth-order valence-electron chi connectivity index (χ4n) is 4.09. The van der Waals surface area contributed by atoms with Crippen LogP contribution in [-0.2, 0) is 6.42 Å². The summed E-state index contributed by atoms with van der Waals surface area (Å²) in [5, 5.41) is 0. The Morgan fingerprint density at radius 3 is 2.45 bits per heavy atom. The number of ether oxygens (including phenoxy) is 3. The molecule has 3 aromatic carbocycles. The van der Waals surface area contributed by atoms with Gasteiger partial charge in [-0.25, -0.2) is 4.39 Å². The minimum absolute atomic E-state index is 0.109. The lowest BCUT2D eigenvalue weighted by Crippen LogP contribution is -2.42. The topological polar surface area (TPSA) is 30.9 Å².